The molecule has 0 aromatic carbocycles. The predicted octanol–water partition coefficient (Wildman–Crippen LogP) is 2.95. The van der Waals surface area contributed by atoms with E-state index in [1.54, 1.807) is 23.5 Å². The lowest BCUT2D eigenvalue weighted by atomic mass is 10.1. The van der Waals surface area contributed by atoms with Gasteiger partial charge in [0.1, 0.15) is 11.6 Å². The highest BCUT2D eigenvalue weighted by atomic mass is 32.2. The van der Waals surface area contributed by atoms with Crippen molar-refractivity contribution in [2.45, 2.75) is 38.5 Å². The van der Waals surface area contributed by atoms with Crippen LogP contribution in [0.15, 0.2) is 0 Å². The molecular weight excluding hydrogens is 240 g/mol. The summed E-state index contributed by atoms with van der Waals surface area (Å²) in [6.07, 6.45) is 5.45. The lowest BCUT2D eigenvalue weighted by molar-refractivity contribution is -0.117. The van der Waals surface area contributed by atoms with Gasteiger partial charge in [-0.1, -0.05) is 6.42 Å². The molecule has 0 atom stereocenters. The van der Waals surface area contributed by atoms with Crippen LogP contribution in [0.2, 0.25) is 0 Å². The SMILES string of the molecule is O=C1CCCCCC(=O)CSCCCSC1. The van der Waals surface area contributed by atoms with Gasteiger partial charge < -0.3 is 0 Å². The van der Waals surface area contributed by atoms with Crippen molar-refractivity contribution in [3.05, 3.63) is 0 Å². The molecule has 4 heteroatoms. The van der Waals surface area contributed by atoms with Crippen molar-refractivity contribution in [1.29, 1.82) is 0 Å². The lowest BCUT2D eigenvalue weighted by Crippen LogP contribution is -2.05. The quantitative estimate of drug-likeness (QED) is 0.670. The number of carbonyl (C=O) groups excluding carboxylic acids is 2. The summed E-state index contributed by atoms with van der Waals surface area (Å²) >= 11 is 3.48. The fraction of sp³-hybridized carbons (Fsp3) is 0.833. The average Bonchev–Trinajstić information content (AvgIpc) is 2.26. The van der Waals surface area contributed by atoms with Crippen LogP contribution < -0.4 is 0 Å². The number of rotatable bonds is 0. The van der Waals surface area contributed by atoms with E-state index >= 15 is 0 Å². The number of carbonyl (C=O) groups is 2. The molecule has 1 aliphatic heterocycles. The summed E-state index contributed by atoms with van der Waals surface area (Å²) in [6, 6.07) is 0. The highest BCUT2D eigenvalue weighted by molar-refractivity contribution is 8.00. The first-order valence-corrected chi connectivity index (χ1v) is 8.29. The Morgan fingerprint density at radius 2 is 1.19 bits per heavy atom. The summed E-state index contributed by atoms with van der Waals surface area (Å²) in [6.45, 7) is 0. The number of ketones is 2. The van der Waals surface area contributed by atoms with Crippen LogP contribution in [-0.4, -0.2) is 34.6 Å². The second kappa shape index (κ2) is 9.11. The molecule has 0 bridgehead atoms. The smallest absolute Gasteiger partial charge is 0.142 e. The van der Waals surface area contributed by atoms with Crippen LogP contribution in [0.4, 0.5) is 0 Å². The van der Waals surface area contributed by atoms with Gasteiger partial charge in [-0.2, -0.15) is 23.5 Å². The number of hydrogen-bond acceptors (Lipinski definition) is 4. The maximum Gasteiger partial charge on any atom is 0.142 e. The molecule has 0 spiro atoms. The maximum absolute atomic E-state index is 11.4. The molecule has 0 N–H and O–H groups in total. The molecule has 2 nitrogen and oxygen atoms in total. The fourth-order valence-electron chi connectivity index (χ4n) is 1.60. The highest BCUT2D eigenvalue weighted by Crippen LogP contribution is 2.13. The van der Waals surface area contributed by atoms with E-state index in [1.165, 1.54) is 0 Å². The van der Waals surface area contributed by atoms with Gasteiger partial charge in [0.05, 0.1) is 11.5 Å². The molecule has 0 radical (unpaired) electrons. The van der Waals surface area contributed by atoms with Gasteiger partial charge in [0.2, 0.25) is 0 Å². The Bertz CT molecular complexity index is 207. The van der Waals surface area contributed by atoms with Crippen molar-refractivity contribution in [2.24, 2.45) is 0 Å². The third kappa shape index (κ3) is 7.34. The molecule has 0 aliphatic carbocycles. The Labute approximate surface area is 106 Å². The maximum atomic E-state index is 11.4. The number of Topliss-reactive ketones (excluding diaryl/α,β-unsaturated/α-hetero) is 2. The standard InChI is InChI=1S/C12H20O2S2/c13-11-5-2-1-3-6-12(14)10-16-8-4-7-15-9-11/h1-10H2. The molecule has 0 unspecified atom stereocenters. The fourth-order valence-corrected chi connectivity index (χ4v) is 3.51. The first kappa shape index (κ1) is 14.1. The molecule has 1 saturated heterocycles. The molecule has 1 heterocycles. The monoisotopic (exact) mass is 260 g/mol. The number of hydrogen-bond donors (Lipinski definition) is 0. The third-order valence-corrected chi connectivity index (χ3v) is 4.72. The zero-order valence-electron chi connectivity index (χ0n) is 9.70. The van der Waals surface area contributed by atoms with Gasteiger partial charge in [-0.25, -0.2) is 0 Å². The first-order valence-electron chi connectivity index (χ1n) is 5.98. The molecule has 0 saturated carbocycles. The Hall–Kier alpha value is 0.0400. The Kier molecular flexibility index (Phi) is 8.03. The van der Waals surface area contributed by atoms with Gasteiger partial charge in [-0.05, 0) is 30.8 Å². The van der Waals surface area contributed by atoms with Crippen molar-refractivity contribution >= 4 is 35.1 Å². The second-order valence-electron chi connectivity index (χ2n) is 4.10. The molecule has 1 fully saturated rings. The summed E-state index contributed by atoms with van der Waals surface area (Å²) in [7, 11) is 0. The lowest BCUT2D eigenvalue weighted by Gasteiger charge is -2.05. The van der Waals surface area contributed by atoms with Crippen LogP contribution in [-0.2, 0) is 9.59 Å². The zero-order valence-corrected chi connectivity index (χ0v) is 11.3. The average molecular weight is 260 g/mol. The molecule has 92 valence electrons. The van der Waals surface area contributed by atoms with Gasteiger partial charge in [0, 0.05) is 12.8 Å². The summed E-state index contributed by atoms with van der Waals surface area (Å²) in [5.41, 5.74) is 0. The first-order chi connectivity index (χ1) is 7.79. The molecule has 0 amide bonds. The van der Waals surface area contributed by atoms with Crippen molar-refractivity contribution in [1.82, 2.24) is 0 Å². The van der Waals surface area contributed by atoms with E-state index in [0.29, 0.717) is 35.9 Å². The Morgan fingerprint density at radius 1 is 0.688 bits per heavy atom. The van der Waals surface area contributed by atoms with Crippen LogP contribution in [0, 0.1) is 0 Å². The molecule has 0 aromatic rings. The van der Waals surface area contributed by atoms with Gasteiger partial charge in [0.25, 0.3) is 0 Å². The Balaban J connectivity index is 2.23. The third-order valence-electron chi connectivity index (χ3n) is 2.51. The van der Waals surface area contributed by atoms with Gasteiger partial charge in [-0.3, -0.25) is 9.59 Å². The van der Waals surface area contributed by atoms with Crippen molar-refractivity contribution < 1.29 is 9.59 Å². The van der Waals surface area contributed by atoms with E-state index < -0.39 is 0 Å². The topological polar surface area (TPSA) is 34.1 Å². The van der Waals surface area contributed by atoms with Crippen molar-refractivity contribution in [3.8, 4) is 0 Å². The van der Waals surface area contributed by atoms with Crippen LogP contribution in [0.1, 0.15) is 38.5 Å². The molecule has 1 aliphatic rings. The summed E-state index contributed by atoms with van der Waals surface area (Å²) in [5.74, 6) is 4.22. The van der Waals surface area contributed by atoms with E-state index in [-0.39, 0.29) is 0 Å². The van der Waals surface area contributed by atoms with Gasteiger partial charge in [-0.15, -0.1) is 0 Å². The van der Waals surface area contributed by atoms with Crippen molar-refractivity contribution in [2.75, 3.05) is 23.0 Å². The van der Waals surface area contributed by atoms with E-state index in [2.05, 4.69) is 0 Å². The van der Waals surface area contributed by atoms with Crippen LogP contribution in [0.25, 0.3) is 0 Å². The summed E-state index contributed by atoms with van der Waals surface area (Å²) in [4.78, 5) is 22.8. The van der Waals surface area contributed by atoms with Crippen LogP contribution in [0.3, 0.4) is 0 Å². The minimum absolute atomic E-state index is 0.376. The van der Waals surface area contributed by atoms with E-state index in [4.69, 9.17) is 0 Å². The van der Waals surface area contributed by atoms with E-state index in [1.807, 2.05) is 0 Å². The van der Waals surface area contributed by atoms with E-state index in [9.17, 15) is 9.59 Å². The summed E-state index contributed by atoms with van der Waals surface area (Å²) < 4.78 is 0. The predicted molar refractivity (Wildman–Crippen MR) is 72.4 cm³/mol. The molecule has 1 rings (SSSR count). The van der Waals surface area contributed by atoms with Gasteiger partial charge in [0.15, 0.2) is 0 Å². The zero-order chi connectivity index (χ0) is 11.6. The number of thioether (sulfide) groups is 2. The minimum atomic E-state index is 0.376. The minimum Gasteiger partial charge on any atom is -0.299 e. The normalized spacial score (nSPS) is 22.8. The van der Waals surface area contributed by atoms with Crippen molar-refractivity contribution in [3.63, 3.8) is 0 Å². The van der Waals surface area contributed by atoms with E-state index in [0.717, 1.165) is 37.2 Å². The van der Waals surface area contributed by atoms with Crippen LogP contribution in [0.5, 0.6) is 0 Å². The van der Waals surface area contributed by atoms with Gasteiger partial charge >= 0.3 is 0 Å². The molecular formula is C12H20O2S2. The molecule has 0 aromatic heterocycles. The second-order valence-corrected chi connectivity index (χ2v) is 6.31. The highest BCUT2D eigenvalue weighted by Gasteiger charge is 2.06. The van der Waals surface area contributed by atoms with Crippen LogP contribution >= 0.6 is 23.5 Å². The largest absolute Gasteiger partial charge is 0.299 e. The molecule has 16 heavy (non-hydrogen) atoms. The Morgan fingerprint density at radius 3 is 1.69 bits per heavy atom. The summed E-state index contributed by atoms with van der Waals surface area (Å²) in [5, 5.41) is 0.